The van der Waals surface area contributed by atoms with Gasteiger partial charge < -0.3 is 40.6 Å². The number of amides is 4. The standard InChI is InChI=1S/C45H66N2O8.C41H58N2O8/c1-9-12-15-17-36(30-39(48)35-25-23-34(24-26-35)33-21-19-32(20-22-33)16-13-10-2)43(52)46-37(27-28-41(50)55-45(5,6)7)40(49)29-31(4)42(51)47-38(18-14-11-3)44(53)54-8;1-6-9-12-14-33(27-36(44)32-22-20-31(21-23-32)30-18-16-29(17-19-30)13-10-7-2)40(49)42-34(24-25-38(46)47)37(45)26-28(4)39(48)43-35(15-11-8-3)41(50)51-5/h19-26,31,36-38H,9-18,27-30H2,1-8H3,(H,46,52)(H,47,51);16-23,28,33-35H,6-15,24-27H2,1-5H3,(H,42,49)(H,43,48)(H,46,47)/t31-,36-,37+,38+;28-,33-,34+,35+/m11/s1. The van der Waals surface area contributed by atoms with E-state index in [2.05, 4.69) is 90.6 Å². The van der Waals surface area contributed by atoms with Crippen molar-refractivity contribution in [3.05, 3.63) is 119 Å². The molecular weight excluding hydrogens is 1340 g/mol. The van der Waals surface area contributed by atoms with Crippen LogP contribution in [0.25, 0.3) is 22.3 Å². The Morgan fingerprint density at radius 1 is 0.377 bits per heavy atom. The van der Waals surface area contributed by atoms with Crippen LogP contribution in [0.2, 0.25) is 0 Å². The number of nitrogens with one attached hydrogen (secondary N) is 4. The minimum atomic E-state index is -1.16. The number of Topliss-reactive ketones (excluding diaryl/α,β-unsaturated/α-hetero) is 4. The number of hydrogen-bond acceptors (Lipinski definition) is 15. The molecule has 0 saturated heterocycles. The number of aliphatic carboxylic acids is 1. The molecule has 20 heteroatoms. The zero-order chi connectivity index (χ0) is 78.7. The molecule has 5 N–H and O–H groups in total. The number of ether oxygens (including phenoxy) is 3. The van der Waals surface area contributed by atoms with Crippen LogP contribution in [-0.4, -0.2) is 120 Å². The molecule has 0 aliphatic carbocycles. The number of rotatable bonds is 50. The highest BCUT2D eigenvalue weighted by Gasteiger charge is 2.34. The molecule has 106 heavy (non-hydrogen) atoms. The highest BCUT2D eigenvalue weighted by Crippen LogP contribution is 2.27. The number of methoxy groups -OCH3 is 2. The minimum absolute atomic E-state index is 0.0359. The van der Waals surface area contributed by atoms with E-state index < -0.39 is 113 Å². The van der Waals surface area contributed by atoms with Crippen molar-refractivity contribution in [2.45, 2.75) is 286 Å². The maximum Gasteiger partial charge on any atom is 0.328 e. The Labute approximate surface area is 631 Å². The van der Waals surface area contributed by atoms with Crippen molar-refractivity contribution in [3.8, 4) is 22.3 Å². The molecule has 0 spiro atoms. The van der Waals surface area contributed by atoms with Crippen LogP contribution in [0.5, 0.6) is 0 Å². The van der Waals surface area contributed by atoms with Crippen molar-refractivity contribution in [2.75, 3.05) is 14.2 Å². The summed E-state index contributed by atoms with van der Waals surface area (Å²) in [5.41, 5.74) is 6.92. The maximum absolute atomic E-state index is 13.9. The second-order valence-electron chi connectivity index (χ2n) is 29.2. The monoisotopic (exact) mass is 1470 g/mol. The number of ketones is 4. The van der Waals surface area contributed by atoms with Gasteiger partial charge in [-0.3, -0.25) is 47.9 Å². The highest BCUT2D eigenvalue weighted by molar-refractivity contribution is 6.01. The Morgan fingerprint density at radius 3 is 1.01 bits per heavy atom. The Hall–Kier alpha value is -8.68. The van der Waals surface area contributed by atoms with Crippen LogP contribution in [-0.2, 0) is 75.0 Å². The lowest BCUT2D eigenvalue weighted by molar-refractivity contribution is -0.155. The van der Waals surface area contributed by atoms with Crippen LogP contribution >= 0.6 is 0 Å². The quantitative estimate of drug-likeness (QED) is 0.0119. The van der Waals surface area contributed by atoms with Crippen molar-refractivity contribution in [3.63, 3.8) is 0 Å². The van der Waals surface area contributed by atoms with Gasteiger partial charge in [-0.1, -0.05) is 230 Å². The second kappa shape index (κ2) is 50.0. The Kier molecular flexibility index (Phi) is 43.2. The summed E-state index contributed by atoms with van der Waals surface area (Å²) >= 11 is 0. The first-order chi connectivity index (χ1) is 50.5. The third kappa shape index (κ3) is 34.7. The summed E-state index contributed by atoms with van der Waals surface area (Å²) < 4.78 is 15.1. The number of hydrogen-bond donors (Lipinski definition) is 5. The van der Waals surface area contributed by atoms with Gasteiger partial charge in [0.15, 0.2) is 23.1 Å². The molecule has 0 bridgehead atoms. The first-order valence-corrected chi connectivity index (χ1v) is 38.9. The Morgan fingerprint density at radius 2 is 0.698 bits per heavy atom. The minimum Gasteiger partial charge on any atom is -0.481 e. The number of carboxylic acids is 1. The average molecular weight is 1470 g/mol. The lowest BCUT2D eigenvalue weighted by atomic mass is 9.90. The van der Waals surface area contributed by atoms with E-state index in [-0.39, 0.29) is 62.9 Å². The number of benzene rings is 4. The molecule has 20 nitrogen and oxygen atoms in total. The first kappa shape index (κ1) is 91.5. The summed E-state index contributed by atoms with van der Waals surface area (Å²) in [5, 5.41) is 20.3. The summed E-state index contributed by atoms with van der Waals surface area (Å²) in [7, 11) is 2.50. The summed E-state index contributed by atoms with van der Waals surface area (Å²) in [6.45, 7) is 20.7. The van der Waals surface area contributed by atoms with Crippen LogP contribution in [0.4, 0.5) is 0 Å². The molecule has 4 aromatic carbocycles. The largest absolute Gasteiger partial charge is 0.481 e. The van der Waals surface area contributed by atoms with Crippen LogP contribution in [0, 0.1) is 23.7 Å². The number of carboxylic acid groups (broad SMARTS) is 1. The molecule has 4 amide bonds. The van der Waals surface area contributed by atoms with Gasteiger partial charge in [0.25, 0.3) is 0 Å². The summed E-state index contributed by atoms with van der Waals surface area (Å²) in [4.78, 5) is 157. The van der Waals surface area contributed by atoms with Crippen molar-refractivity contribution >= 4 is 70.6 Å². The number of aryl methyl sites for hydroxylation is 2. The summed E-state index contributed by atoms with van der Waals surface area (Å²) in [6, 6.07) is 27.7. The van der Waals surface area contributed by atoms with E-state index in [0.29, 0.717) is 56.1 Å². The molecule has 4 rings (SSSR count). The summed E-state index contributed by atoms with van der Waals surface area (Å²) in [5.74, 6) is -9.15. The predicted octanol–water partition coefficient (Wildman–Crippen LogP) is 15.8. The molecule has 0 radical (unpaired) electrons. The van der Waals surface area contributed by atoms with Gasteiger partial charge in [0.2, 0.25) is 23.6 Å². The Balaban J connectivity index is 0.000000552. The first-order valence-electron chi connectivity index (χ1n) is 38.9. The highest BCUT2D eigenvalue weighted by atomic mass is 16.6. The van der Waals surface area contributed by atoms with E-state index in [1.165, 1.54) is 32.3 Å². The number of esters is 3. The molecule has 4 aromatic rings. The lowest BCUT2D eigenvalue weighted by Gasteiger charge is -2.24. The van der Waals surface area contributed by atoms with E-state index in [1.54, 1.807) is 52.0 Å². The molecular formula is C86H124N4O16. The average Bonchev–Trinajstić information content (AvgIpc) is 0.846. The van der Waals surface area contributed by atoms with Gasteiger partial charge in [-0.2, -0.15) is 0 Å². The zero-order valence-corrected chi connectivity index (χ0v) is 65.7. The lowest BCUT2D eigenvalue weighted by Crippen LogP contribution is -2.47. The number of unbranched alkanes of at least 4 members (excludes halogenated alkanes) is 8. The third-order valence-corrected chi connectivity index (χ3v) is 18.9. The van der Waals surface area contributed by atoms with E-state index >= 15 is 0 Å². The van der Waals surface area contributed by atoms with Crippen LogP contribution in [0.3, 0.4) is 0 Å². The SMILES string of the molecule is CCCCC[C@H](CC(=O)c1ccc(-c2ccc(CCCC)cc2)cc1)C(=O)N[C@@H](CCC(=O)O)C(=O)C[C@@H](C)C(=O)N[C@@H](CCCC)C(=O)OC.CCCCC[C@H](CC(=O)c1ccc(-c2ccc(CCCC)cc2)cc1)C(=O)N[C@@H](CCC(=O)OC(C)(C)C)C(=O)C[C@@H](C)C(=O)N[C@@H](CCCC)C(=O)OC. The van der Waals surface area contributed by atoms with Crippen LogP contribution < -0.4 is 21.3 Å². The topological polar surface area (TPSA) is 301 Å². The van der Waals surface area contributed by atoms with E-state index in [9.17, 15) is 62.6 Å². The molecule has 0 aliphatic heterocycles. The van der Waals surface area contributed by atoms with Crippen LogP contribution in [0.15, 0.2) is 97.1 Å². The van der Waals surface area contributed by atoms with Gasteiger partial charge in [-0.05, 0) is 118 Å². The van der Waals surface area contributed by atoms with Crippen molar-refractivity contribution in [1.29, 1.82) is 0 Å². The smallest absolute Gasteiger partial charge is 0.328 e. The molecule has 0 aromatic heterocycles. The van der Waals surface area contributed by atoms with E-state index in [0.717, 1.165) is 106 Å². The van der Waals surface area contributed by atoms with Crippen LogP contribution in [0.1, 0.15) is 275 Å². The zero-order valence-electron chi connectivity index (χ0n) is 65.7. The fraction of sp³-hybridized carbons (Fsp3) is 0.581. The van der Waals surface area contributed by atoms with Gasteiger partial charge in [0, 0.05) is 73.3 Å². The van der Waals surface area contributed by atoms with Gasteiger partial charge in [-0.15, -0.1) is 0 Å². The fourth-order valence-electron chi connectivity index (χ4n) is 12.2. The van der Waals surface area contributed by atoms with Gasteiger partial charge >= 0.3 is 23.9 Å². The Bertz CT molecular complexity index is 3400. The third-order valence-electron chi connectivity index (χ3n) is 18.9. The number of carbonyl (C=O) groups excluding carboxylic acids is 11. The number of carbonyl (C=O) groups is 12. The van der Waals surface area contributed by atoms with Crippen molar-refractivity contribution in [1.82, 2.24) is 21.3 Å². The van der Waals surface area contributed by atoms with Gasteiger partial charge in [-0.25, -0.2) is 9.59 Å². The molecule has 0 fully saturated rings. The normalized spacial score (nSPS) is 13.4. The molecule has 0 saturated carbocycles. The van der Waals surface area contributed by atoms with Gasteiger partial charge in [0.05, 0.1) is 26.3 Å². The van der Waals surface area contributed by atoms with Crippen molar-refractivity contribution in [2.24, 2.45) is 23.7 Å². The molecule has 0 heterocycles. The maximum atomic E-state index is 13.9. The summed E-state index contributed by atoms with van der Waals surface area (Å²) in [6.07, 6.45) is 15.1. The van der Waals surface area contributed by atoms with E-state index in [4.69, 9.17) is 14.2 Å². The van der Waals surface area contributed by atoms with Gasteiger partial charge in [0.1, 0.15) is 17.7 Å². The van der Waals surface area contributed by atoms with Crippen molar-refractivity contribution < 1.29 is 76.9 Å². The predicted molar refractivity (Wildman–Crippen MR) is 414 cm³/mol. The molecule has 0 unspecified atom stereocenters. The molecule has 8 atom stereocenters. The second-order valence-corrected chi connectivity index (χ2v) is 29.2. The molecule has 584 valence electrons. The fourth-order valence-corrected chi connectivity index (χ4v) is 12.2. The molecule has 0 aliphatic rings. The van der Waals surface area contributed by atoms with E-state index in [1.807, 2.05) is 45.0 Å².